The molecule has 0 aliphatic carbocycles. The highest BCUT2D eigenvalue weighted by Gasteiger charge is 2.14. The van der Waals surface area contributed by atoms with Crippen LogP contribution >= 0.6 is 11.8 Å². The number of fused-ring (bicyclic) bond motifs is 3. The normalized spacial score (nSPS) is 11.5. The molecule has 7 nitrogen and oxygen atoms in total. The molecule has 4 rings (SSSR count). The SMILES string of the molecule is COc1cc2[nH]c3c(=O)n(/N=C/c4ccc(SC)cc4)cnc3c2cc1OC. The van der Waals surface area contributed by atoms with Gasteiger partial charge in [-0.2, -0.15) is 9.78 Å². The van der Waals surface area contributed by atoms with Crippen LogP contribution in [0.5, 0.6) is 11.5 Å². The van der Waals surface area contributed by atoms with Gasteiger partial charge in [-0.1, -0.05) is 12.1 Å². The Morgan fingerprint density at radius 2 is 1.86 bits per heavy atom. The monoisotopic (exact) mass is 394 g/mol. The van der Waals surface area contributed by atoms with E-state index in [1.807, 2.05) is 30.5 Å². The zero-order chi connectivity index (χ0) is 19.7. The van der Waals surface area contributed by atoms with Crippen LogP contribution in [0.3, 0.4) is 0 Å². The summed E-state index contributed by atoms with van der Waals surface area (Å²) < 4.78 is 11.9. The Bertz CT molecular complexity index is 1240. The lowest BCUT2D eigenvalue weighted by Crippen LogP contribution is -2.17. The number of benzene rings is 2. The van der Waals surface area contributed by atoms with Crippen LogP contribution in [0.4, 0.5) is 0 Å². The van der Waals surface area contributed by atoms with Gasteiger partial charge in [-0.25, -0.2) is 4.98 Å². The topological polar surface area (TPSA) is 81.5 Å². The first-order chi connectivity index (χ1) is 13.6. The molecule has 0 saturated heterocycles. The van der Waals surface area contributed by atoms with E-state index >= 15 is 0 Å². The van der Waals surface area contributed by atoms with Crippen molar-refractivity contribution in [3.63, 3.8) is 0 Å². The second-order valence-electron chi connectivity index (χ2n) is 6.01. The van der Waals surface area contributed by atoms with Gasteiger partial charge in [0.15, 0.2) is 11.5 Å². The second kappa shape index (κ2) is 7.40. The van der Waals surface area contributed by atoms with Crippen molar-refractivity contribution < 1.29 is 9.47 Å². The van der Waals surface area contributed by atoms with E-state index in [0.29, 0.717) is 22.5 Å². The molecule has 0 bridgehead atoms. The number of nitrogens with one attached hydrogen (secondary N) is 1. The number of hydrogen-bond acceptors (Lipinski definition) is 6. The van der Waals surface area contributed by atoms with Gasteiger partial charge in [-0.15, -0.1) is 11.8 Å². The summed E-state index contributed by atoms with van der Waals surface area (Å²) in [5, 5.41) is 5.05. The highest BCUT2D eigenvalue weighted by molar-refractivity contribution is 7.98. The zero-order valence-corrected chi connectivity index (χ0v) is 16.4. The molecule has 0 spiro atoms. The van der Waals surface area contributed by atoms with Gasteiger partial charge in [0.1, 0.15) is 17.4 Å². The fourth-order valence-electron chi connectivity index (χ4n) is 2.98. The van der Waals surface area contributed by atoms with Gasteiger partial charge in [0.05, 0.1) is 26.0 Å². The molecule has 0 fully saturated rings. The summed E-state index contributed by atoms with van der Waals surface area (Å²) in [5.41, 5.74) is 2.30. The van der Waals surface area contributed by atoms with Crippen molar-refractivity contribution in [1.82, 2.24) is 14.6 Å². The molecule has 1 N–H and O–H groups in total. The lowest BCUT2D eigenvalue weighted by Gasteiger charge is -2.06. The quantitative estimate of drug-likeness (QED) is 0.414. The first kappa shape index (κ1) is 18.1. The first-order valence-corrected chi connectivity index (χ1v) is 9.70. The van der Waals surface area contributed by atoms with E-state index < -0.39 is 0 Å². The number of aromatic nitrogens is 3. The zero-order valence-electron chi connectivity index (χ0n) is 15.6. The minimum Gasteiger partial charge on any atom is -0.493 e. The van der Waals surface area contributed by atoms with Crippen LogP contribution in [0.15, 0.2) is 57.5 Å². The third-order valence-corrected chi connectivity index (χ3v) is 5.18. The van der Waals surface area contributed by atoms with Gasteiger partial charge in [0, 0.05) is 16.3 Å². The molecule has 0 aliphatic heterocycles. The molecule has 28 heavy (non-hydrogen) atoms. The van der Waals surface area contributed by atoms with Gasteiger partial charge in [-0.3, -0.25) is 4.79 Å². The Hall–Kier alpha value is -3.26. The molecule has 2 heterocycles. The van der Waals surface area contributed by atoms with Gasteiger partial charge in [-0.05, 0) is 30.0 Å². The molecule has 4 aromatic rings. The smallest absolute Gasteiger partial charge is 0.298 e. The van der Waals surface area contributed by atoms with Crippen LogP contribution in [0.25, 0.3) is 21.9 Å². The maximum absolute atomic E-state index is 12.8. The van der Waals surface area contributed by atoms with Gasteiger partial charge < -0.3 is 14.5 Å². The minimum absolute atomic E-state index is 0.281. The average Bonchev–Trinajstić information content (AvgIpc) is 3.11. The Kier molecular flexibility index (Phi) is 4.79. The van der Waals surface area contributed by atoms with E-state index in [0.717, 1.165) is 16.5 Å². The van der Waals surface area contributed by atoms with Crippen molar-refractivity contribution in [3.8, 4) is 11.5 Å². The Morgan fingerprint density at radius 1 is 1.14 bits per heavy atom. The Balaban J connectivity index is 1.78. The number of aromatic amines is 1. The fraction of sp³-hybridized carbons (Fsp3) is 0.150. The van der Waals surface area contributed by atoms with Gasteiger partial charge in [0.25, 0.3) is 5.56 Å². The first-order valence-electron chi connectivity index (χ1n) is 8.48. The third-order valence-electron chi connectivity index (χ3n) is 4.44. The summed E-state index contributed by atoms with van der Waals surface area (Å²) in [4.78, 5) is 21.5. The maximum Gasteiger partial charge on any atom is 0.298 e. The molecule has 2 aromatic heterocycles. The van der Waals surface area contributed by atoms with Crippen LogP contribution in [0.1, 0.15) is 5.56 Å². The molecular weight excluding hydrogens is 376 g/mol. The van der Waals surface area contributed by atoms with Crippen LogP contribution in [0, 0.1) is 0 Å². The molecule has 0 atom stereocenters. The van der Waals surface area contributed by atoms with E-state index in [1.165, 1.54) is 15.9 Å². The number of hydrogen-bond donors (Lipinski definition) is 1. The van der Waals surface area contributed by atoms with E-state index in [4.69, 9.17) is 9.47 Å². The van der Waals surface area contributed by atoms with Crippen molar-refractivity contribution in [2.24, 2.45) is 5.10 Å². The minimum atomic E-state index is -0.281. The van der Waals surface area contributed by atoms with Crippen molar-refractivity contribution >= 4 is 39.9 Å². The van der Waals surface area contributed by atoms with E-state index in [1.54, 1.807) is 44.3 Å². The average molecular weight is 394 g/mol. The molecule has 0 amide bonds. The van der Waals surface area contributed by atoms with Crippen molar-refractivity contribution in [2.45, 2.75) is 4.90 Å². The van der Waals surface area contributed by atoms with Crippen molar-refractivity contribution in [2.75, 3.05) is 20.5 Å². The van der Waals surface area contributed by atoms with E-state index in [9.17, 15) is 4.79 Å². The maximum atomic E-state index is 12.8. The predicted octanol–water partition coefficient (Wildman–Crippen LogP) is 3.50. The lowest BCUT2D eigenvalue weighted by atomic mass is 10.2. The standard InChI is InChI=1S/C20H18N4O3S/c1-26-16-8-14-15(9-17(16)27-2)23-19-18(14)21-11-24(20(19)25)22-10-12-4-6-13(28-3)7-5-12/h4-11,23H,1-3H3/b22-10+. The highest BCUT2D eigenvalue weighted by Crippen LogP contribution is 2.34. The summed E-state index contributed by atoms with van der Waals surface area (Å²) in [6.45, 7) is 0. The molecule has 142 valence electrons. The Morgan fingerprint density at radius 3 is 2.54 bits per heavy atom. The number of H-pyrrole nitrogens is 1. The van der Waals surface area contributed by atoms with Gasteiger partial charge in [0.2, 0.25) is 0 Å². The molecule has 0 aliphatic rings. The number of methoxy groups -OCH3 is 2. The summed E-state index contributed by atoms with van der Waals surface area (Å²) in [6.07, 6.45) is 5.07. The third kappa shape index (κ3) is 3.11. The van der Waals surface area contributed by atoms with Crippen molar-refractivity contribution in [3.05, 3.63) is 58.6 Å². The van der Waals surface area contributed by atoms with Gasteiger partial charge >= 0.3 is 0 Å². The fourth-order valence-corrected chi connectivity index (χ4v) is 3.38. The second-order valence-corrected chi connectivity index (χ2v) is 6.89. The van der Waals surface area contributed by atoms with Crippen LogP contribution in [-0.4, -0.2) is 41.3 Å². The van der Waals surface area contributed by atoms with E-state index in [2.05, 4.69) is 15.1 Å². The number of nitrogens with zero attached hydrogens (tertiary/aromatic N) is 3. The predicted molar refractivity (Wildman–Crippen MR) is 112 cm³/mol. The molecular formula is C20H18N4O3S. The van der Waals surface area contributed by atoms with E-state index in [-0.39, 0.29) is 5.56 Å². The van der Waals surface area contributed by atoms with Crippen LogP contribution < -0.4 is 15.0 Å². The molecule has 0 unspecified atom stereocenters. The number of rotatable bonds is 5. The van der Waals surface area contributed by atoms with Crippen LogP contribution in [0.2, 0.25) is 0 Å². The molecule has 8 heteroatoms. The largest absolute Gasteiger partial charge is 0.493 e. The molecule has 0 saturated carbocycles. The highest BCUT2D eigenvalue weighted by atomic mass is 32.2. The summed E-state index contributed by atoms with van der Waals surface area (Å²) >= 11 is 1.67. The van der Waals surface area contributed by atoms with Crippen LogP contribution in [-0.2, 0) is 0 Å². The Labute approximate surface area is 165 Å². The number of thioether (sulfide) groups is 1. The summed E-state index contributed by atoms with van der Waals surface area (Å²) in [6, 6.07) is 11.5. The summed E-state index contributed by atoms with van der Waals surface area (Å²) in [5.74, 6) is 1.15. The lowest BCUT2D eigenvalue weighted by molar-refractivity contribution is 0.356. The summed E-state index contributed by atoms with van der Waals surface area (Å²) in [7, 11) is 3.14. The molecule has 0 radical (unpaired) electrons. The van der Waals surface area contributed by atoms with Crippen molar-refractivity contribution in [1.29, 1.82) is 0 Å². The number of ether oxygens (including phenoxy) is 2. The molecule has 2 aromatic carbocycles.